The van der Waals surface area contributed by atoms with E-state index < -0.39 is 0 Å². The minimum Gasteiger partial charge on any atom is -0.399 e. The standard InChI is InChI=1S/C10H13NO/c1-2-10(12)7-8-4-3-5-9(11)6-8/h3-6H,2,7,11H2,1H3. The average Bonchev–Trinajstić information content (AvgIpc) is 2.04. The largest absolute Gasteiger partial charge is 0.399 e. The molecule has 0 unspecified atom stereocenters. The second kappa shape index (κ2) is 3.90. The van der Waals surface area contributed by atoms with Crippen molar-refractivity contribution in [1.82, 2.24) is 0 Å². The van der Waals surface area contributed by atoms with Crippen LogP contribution in [0.25, 0.3) is 0 Å². The molecule has 0 aliphatic carbocycles. The molecule has 2 heteroatoms. The molecule has 2 nitrogen and oxygen atoms in total. The van der Waals surface area contributed by atoms with E-state index in [1.165, 1.54) is 0 Å². The first-order valence-corrected chi connectivity index (χ1v) is 4.08. The molecule has 64 valence electrons. The van der Waals surface area contributed by atoms with Crippen LogP contribution in [0.4, 0.5) is 5.69 Å². The number of benzene rings is 1. The Morgan fingerprint density at radius 2 is 2.25 bits per heavy atom. The van der Waals surface area contributed by atoms with E-state index in [1.54, 1.807) is 0 Å². The molecule has 0 saturated heterocycles. The van der Waals surface area contributed by atoms with Gasteiger partial charge in [0.15, 0.2) is 0 Å². The van der Waals surface area contributed by atoms with Crippen molar-refractivity contribution < 1.29 is 4.79 Å². The first kappa shape index (κ1) is 8.78. The molecule has 0 aromatic heterocycles. The summed E-state index contributed by atoms with van der Waals surface area (Å²) in [5.41, 5.74) is 7.29. The van der Waals surface area contributed by atoms with Crippen molar-refractivity contribution in [2.24, 2.45) is 0 Å². The Kier molecular flexibility index (Phi) is 2.86. The van der Waals surface area contributed by atoms with Crippen molar-refractivity contribution in [1.29, 1.82) is 0 Å². The number of nitrogen functional groups attached to an aromatic ring is 1. The van der Waals surface area contributed by atoms with Gasteiger partial charge in [-0.15, -0.1) is 0 Å². The van der Waals surface area contributed by atoms with E-state index >= 15 is 0 Å². The van der Waals surface area contributed by atoms with Gasteiger partial charge in [-0.1, -0.05) is 19.1 Å². The second-order valence-electron chi connectivity index (χ2n) is 2.81. The van der Waals surface area contributed by atoms with Gasteiger partial charge < -0.3 is 5.73 Å². The summed E-state index contributed by atoms with van der Waals surface area (Å²) in [4.78, 5) is 11.1. The zero-order valence-corrected chi connectivity index (χ0v) is 7.21. The maximum absolute atomic E-state index is 11.1. The molecule has 1 aromatic carbocycles. The maximum Gasteiger partial charge on any atom is 0.136 e. The number of ketones is 1. The van der Waals surface area contributed by atoms with Crippen LogP contribution in [0.15, 0.2) is 24.3 Å². The minimum atomic E-state index is 0.251. The summed E-state index contributed by atoms with van der Waals surface area (Å²) in [5, 5.41) is 0. The number of rotatable bonds is 3. The molecule has 0 amide bonds. The van der Waals surface area contributed by atoms with Gasteiger partial charge in [0.2, 0.25) is 0 Å². The summed E-state index contributed by atoms with van der Waals surface area (Å²) in [6.07, 6.45) is 1.09. The second-order valence-corrected chi connectivity index (χ2v) is 2.81. The Balaban J connectivity index is 2.69. The van der Waals surface area contributed by atoms with Gasteiger partial charge in [-0.2, -0.15) is 0 Å². The van der Waals surface area contributed by atoms with Gasteiger partial charge in [-0.3, -0.25) is 4.79 Å². The quantitative estimate of drug-likeness (QED) is 0.690. The molecular weight excluding hydrogens is 150 g/mol. The molecule has 12 heavy (non-hydrogen) atoms. The molecule has 0 aliphatic heterocycles. The van der Waals surface area contributed by atoms with Gasteiger partial charge >= 0.3 is 0 Å². The topological polar surface area (TPSA) is 43.1 Å². The lowest BCUT2D eigenvalue weighted by Gasteiger charge is -1.99. The van der Waals surface area contributed by atoms with Gasteiger partial charge in [0, 0.05) is 18.5 Å². The average molecular weight is 163 g/mol. The fraction of sp³-hybridized carbons (Fsp3) is 0.300. The molecule has 1 aromatic rings. The van der Waals surface area contributed by atoms with Crippen LogP contribution in [0.1, 0.15) is 18.9 Å². The third-order valence-electron chi connectivity index (χ3n) is 1.75. The van der Waals surface area contributed by atoms with Crippen LogP contribution in [0.3, 0.4) is 0 Å². The highest BCUT2D eigenvalue weighted by Crippen LogP contribution is 2.07. The minimum absolute atomic E-state index is 0.251. The van der Waals surface area contributed by atoms with Crippen LogP contribution in [0.5, 0.6) is 0 Å². The summed E-state index contributed by atoms with van der Waals surface area (Å²) in [5.74, 6) is 0.251. The normalized spacial score (nSPS) is 9.75. The molecule has 0 spiro atoms. The van der Waals surface area contributed by atoms with E-state index in [1.807, 2.05) is 31.2 Å². The van der Waals surface area contributed by atoms with Crippen molar-refractivity contribution in [3.05, 3.63) is 29.8 Å². The highest BCUT2D eigenvalue weighted by Gasteiger charge is 1.99. The number of nitrogens with two attached hydrogens (primary N) is 1. The van der Waals surface area contributed by atoms with E-state index in [0.29, 0.717) is 12.8 Å². The van der Waals surface area contributed by atoms with Gasteiger partial charge in [0.25, 0.3) is 0 Å². The Morgan fingerprint density at radius 3 is 2.83 bits per heavy atom. The van der Waals surface area contributed by atoms with E-state index in [-0.39, 0.29) is 5.78 Å². The van der Waals surface area contributed by atoms with Crippen molar-refractivity contribution in [2.45, 2.75) is 19.8 Å². The van der Waals surface area contributed by atoms with Gasteiger partial charge in [-0.05, 0) is 17.7 Å². The van der Waals surface area contributed by atoms with Crippen molar-refractivity contribution in [3.8, 4) is 0 Å². The molecule has 0 atom stereocenters. The molecule has 0 aliphatic rings. The zero-order valence-electron chi connectivity index (χ0n) is 7.21. The number of anilines is 1. The van der Waals surface area contributed by atoms with Gasteiger partial charge in [0.05, 0.1) is 0 Å². The monoisotopic (exact) mass is 163 g/mol. The number of carbonyl (C=O) groups excluding carboxylic acids is 1. The number of Topliss-reactive ketones (excluding diaryl/α,β-unsaturated/α-hetero) is 1. The van der Waals surface area contributed by atoms with Gasteiger partial charge in [-0.25, -0.2) is 0 Å². The Morgan fingerprint density at radius 1 is 1.50 bits per heavy atom. The van der Waals surface area contributed by atoms with E-state index in [4.69, 9.17) is 5.73 Å². The predicted octanol–water partition coefficient (Wildman–Crippen LogP) is 1.79. The first-order chi connectivity index (χ1) is 5.72. The Hall–Kier alpha value is -1.31. The molecule has 1 rings (SSSR count). The highest BCUT2D eigenvalue weighted by molar-refractivity contribution is 5.80. The van der Waals surface area contributed by atoms with Crippen molar-refractivity contribution >= 4 is 11.5 Å². The van der Waals surface area contributed by atoms with E-state index in [0.717, 1.165) is 11.3 Å². The molecule has 0 fully saturated rings. The van der Waals surface area contributed by atoms with Crippen LogP contribution in [0, 0.1) is 0 Å². The summed E-state index contributed by atoms with van der Waals surface area (Å²) in [7, 11) is 0. The maximum atomic E-state index is 11.1. The molecule has 0 heterocycles. The number of hydrogen-bond donors (Lipinski definition) is 1. The lowest BCUT2D eigenvalue weighted by atomic mass is 10.1. The van der Waals surface area contributed by atoms with Crippen LogP contribution in [0.2, 0.25) is 0 Å². The smallest absolute Gasteiger partial charge is 0.136 e. The predicted molar refractivity (Wildman–Crippen MR) is 49.9 cm³/mol. The highest BCUT2D eigenvalue weighted by atomic mass is 16.1. The Bertz CT molecular complexity index is 281. The lowest BCUT2D eigenvalue weighted by Crippen LogP contribution is -2.00. The molecule has 2 N–H and O–H groups in total. The SMILES string of the molecule is CCC(=O)Cc1cccc(N)c1. The Labute approximate surface area is 72.4 Å². The van der Waals surface area contributed by atoms with Gasteiger partial charge in [0.1, 0.15) is 5.78 Å². The summed E-state index contributed by atoms with van der Waals surface area (Å²) in [6.45, 7) is 1.87. The summed E-state index contributed by atoms with van der Waals surface area (Å²) >= 11 is 0. The zero-order chi connectivity index (χ0) is 8.97. The van der Waals surface area contributed by atoms with Crippen LogP contribution < -0.4 is 5.73 Å². The fourth-order valence-electron chi connectivity index (χ4n) is 1.06. The van der Waals surface area contributed by atoms with Crippen LogP contribution in [-0.2, 0) is 11.2 Å². The third kappa shape index (κ3) is 2.38. The fourth-order valence-corrected chi connectivity index (χ4v) is 1.06. The number of carbonyl (C=O) groups is 1. The molecule has 0 radical (unpaired) electrons. The lowest BCUT2D eigenvalue weighted by molar-refractivity contribution is -0.118. The van der Waals surface area contributed by atoms with E-state index in [9.17, 15) is 4.79 Å². The van der Waals surface area contributed by atoms with Crippen LogP contribution in [-0.4, -0.2) is 5.78 Å². The molecule has 0 bridgehead atoms. The number of hydrogen-bond acceptors (Lipinski definition) is 2. The molecular formula is C10H13NO. The summed E-state index contributed by atoms with van der Waals surface area (Å²) < 4.78 is 0. The molecule has 0 saturated carbocycles. The van der Waals surface area contributed by atoms with Crippen molar-refractivity contribution in [2.75, 3.05) is 5.73 Å². The van der Waals surface area contributed by atoms with E-state index in [2.05, 4.69) is 0 Å². The summed E-state index contributed by atoms with van der Waals surface area (Å²) in [6, 6.07) is 7.45. The third-order valence-corrected chi connectivity index (χ3v) is 1.75. The van der Waals surface area contributed by atoms with Crippen molar-refractivity contribution in [3.63, 3.8) is 0 Å². The van der Waals surface area contributed by atoms with Crippen LogP contribution >= 0.6 is 0 Å². The first-order valence-electron chi connectivity index (χ1n) is 4.08.